The molecule has 1 aromatic carbocycles. The lowest BCUT2D eigenvalue weighted by atomic mass is 10.1. The minimum Gasteiger partial charge on any atom is -0.490 e. The van der Waals surface area contributed by atoms with Gasteiger partial charge < -0.3 is 18.9 Å². The van der Waals surface area contributed by atoms with Crippen LogP contribution in [0.15, 0.2) is 53.6 Å². The molecule has 0 aliphatic carbocycles. The first-order chi connectivity index (χ1) is 15.7. The molecule has 0 radical (unpaired) electrons. The summed E-state index contributed by atoms with van der Waals surface area (Å²) in [6.07, 6.45) is 5.59. The summed E-state index contributed by atoms with van der Waals surface area (Å²) < 4.78 is 15.4. The van der Waals surface area contributed by atoms with E-state index in [1.807, 2.05) is 12.1 Å². The quantitative estimate of drug-likeness (QED) is 0.465. The molecule has 4 aromatic rings. The maximum absolute atomic E-state index is 12.7. The number of methoxy groups -OCH3 is 1. The molecular weight excluding hydrogens is 406 g/mol. The lowest BCUT2D eigenvalue weighted by Gasteiger charge is -2.33. The van der Waals surface area contributed by atoms with E-state index in [2.05, 4.69) is 37.8 Å². The molecule has 3 aromatic heterocycles. The Bertz CT molecular complexity index is 1300. The van der Waals surface area contributed by atoms with Crippen molar-refractivity contribution in [2.24, 2.45) is 7.05 Å². The first kappa shape index (κ1) is 20.5. The average molecular weight is 434 g/mol. The van der Waals surface area contributed by atoms with Crippen molar-refractivity contribution in [3.05, 3.63) is 59.1 Å². The van der Waals surface area contributed by atoms with Gasteiger partial charge in [-0.15, -0.1) is 0 Å². The van der Waals surface area contributed by atoms with E-state index in [0.717, 1.165) is 49.1 Å². The lowest BCUT2D eigenvalue weighted by molar-refractivity contribution is 0.172. The number of nitrogens with zero attached hydrogens (tertiary/aromatic N) is 5. The minimum atomic E-state index is -0.0684. The Hall–Kier alpha value is -3.39. The van der Waals surface area contributed by atoms with Gasteiger partial charge in [0.2, 0.25) is 5.95 Å². The zero-order valence-corrected chi connectivity index (χ0v) is 18.4. The average Bonchev–Trinajstić information content (AvgIpc) is 3.25. The molecule has 1 aliphatic heterocycles. The molecule has 8 heteroatoms. The summed E-state index contributed by atoms with van der Waals surface area (Å²) in [5.41, 5.74) is 1.58. The van der Waals surface area contributed by atoms with Gasteiger partial charge >= 0.3 is 0 Å². The summed E-state index contributed by atoms with van der Waals surface area (Å²) in [4.78, 5) is 23.8. The van der Waals surface area contributed by atoms with E-state index in [9.17, 15) is 4.79 Å². The Morgan fingerprint density at radius 2 is 1.94 bits per heavy atom. The van der Waals surface area contributed by atoms with Gasteiger partial charge in [0.1, 0.15) is 11.9 Å². The molecule has 0 atom stereocenters. The van der Waals surface area contributed by atoms with Gasteiger partial charge in [-0.2, -0.15) is 4.98 Å². The normalized spacial score (nSPS) is 15.0. The van der Waals surface area contributed by atoms with Crippen LogP contribution in [0.1, 0.15) is 12.8 Å². The van der Waals surface area contributed by atoms with Crippen molar-refractivity contribution in [3.8, 4) is 5.75 Å². The molecule has 0 saturated carbocycles. The smallest absolute Gasteiger partial charge is 0.264 e. The Kier molecular flexibility index (Phi) is 5.53. The van der Waals surface area contributed by atoms with Gasteiger partial charge in [-0.05, 0) is 30.3 Å². The zero-order valence-electron chi connectivity index (χ0n) is 18.4. The molecule has 0 unspecified atom stereocenters. The van der Waals surface area contributed by atoms with Crippen LogP contribution in [0.5, 0.6) is 5.75 Å². The molecule has 1 fully saturated rings. The number of aromatic nitrogens is 4. The van der Waals surface area contributed by atoms with Gasteiger partial charge in [0.05, 0.1) is 17.5 Å². The second-order valence-corrected chi connectivity index (χ2v) is 8.15. The fourth-order valence-electron chi connectivity index (χ4n) is 4.41. The predicted molar refractivity (Wildman–Crippen MR) is 124 cm³/mol. The summed E-state index contributed by atoms with van der Waals surface area (Å²) >= 11 is 0. The van der Waals surface area contributed by atoms with Crippen LogP contribution in [-0.2, 0) is 18.3 Å². The molecule has 4 heterocycles. The van der Waals surface area contributed by atoms with Crippen LogP contribution >= 0.6 is 0 Å². The highest BCUT2D eigenvalue weighted by Crippen LogP contribution is 2.29. The molecule has 8 nitrogen and oxygen atoms in total. The molecule has 1 aliphatic rings. The number of ether oxygens (including phenoxy) is 2. The third kappa shape index (κ3) is 3.71. The molecule has 5 rings (SSSR count). The van der Waals surface area contributed by atoms with Gasteiger partial charge in [0.15, 0.2) is 5.65 Å². The molecule has 0 N–H and O–H groups in total. The second-order valence-electron chi connectivity index (χ2n) is 8.15. The summed E-state index contributed by atoms with van der Waals surface area (Å²) in [5, 5.41) is 1.66. The van der Waals surface area contributed by atoms with Crippen molar-refractivity contribution >= 4 is 27.9 Å². The third-order valence-corrected chi connectivity index (χ3v) is 6.16. The zero-order chi connectivity index (χ0) is 22.1. The first-order valence-electron chi connectivity index (χ1n) is 11.0. The Morgan fingerprint density at radius 3 is 2.75 bits per heavy atom. The van der Waals surface area contributed by atoms with Crippen LogP contribution in [0, 0.1) is 0 Å². The maximum atomic E-state index is 12.7. The lowest BCUT2D eigenvalue weighted by Crippen LogP contribution is -2.41. The monoisotopic (exact) mass is 433 g/mol. The van der Waals surface area contributed by atoms with Gasteiger partial charge in [0, 0.05) is 64.4 Å². The van der Waals surface area contributed by atoms with E-state index in [-0.39, 0.29) is 11.7 Å². The molecular formula is C24H27N5O3. The van der Waals surface area contributed by atoms with Gasteiger partial charge in [-0.25, -0.2) is 4.98 Å². The molecule has 0 bridgehead atoms. The maximum Gasteiger partial charge on any atom is 0.264 e. The third-order valence-electron chi connectivity index (χ3n) is 6.16. The minimum absolute atomic E-state index is 0.0684. The predicted octanol–water partition coefficient (Wildman–Crippen LogP) is 2.98. The van der Waals surface area contributed by atoms with Crippen LogP contribution < -0.4 is 15.2 Å². The molecule has 32 heavy (non-hydrogen) atoms. The van der Waals surface area contributed by atoms with Crippen molar-refractivity contribution in [1.29, 1.82) is 0 Å². The highest BCUT2D eigenvalue weighted by molar-refractivity contribution is 5.86. The van der Waals surface area contributed by atoms with Gasteiger partial charge in [0.25, 0.3) is 5.56 Å². The van der Waals surface area contributed by atoms with E-state index in [1.54, 1.807) is 37.1 Å². The first-order valence-corrected chi connectivity index (χ1v) is 11.0. The van der Waals surface area contributed by atoms with Crippen LogP contribution in [-0.4, -0.2) is 52.0 Å². The fourth-order valence-corrected chi connectivity index (χ4v) is 4.41. The van der Waals surface area contributed by atoms with Crippen molar-refractivity contribution in [2.75, 3.05) is 31.7 Å². The Morgan fingerprint density at radius 1 is 1.09 bits per heavy atom. The number of piperidine rings is 1. The highest BCUT2D eigenvalue weighted by atomic mass is 16.5. The van der Waals surface area contributed by atoms with Gasteiger partial charge in [-0.3, -0.25) is 9.36 Å². The van der Waals surface area contributed by atoms with Crippen molar-refractivity contribution in [3.63, 3.8) is 0 Å². The fraction of sp³-hybridized carbons (Fsp3) is 0.375. The van der Waals surface area contributed by atoms with E-state index in [1.165, 1.54) is 0 Å². The second kappa shape index (κ2) is 8.63. The molecule has 166 valence electrons. The number of rotatable bonds is 6. The number of hydrogen-bond acceptors (Lipinski definition) is 6. The van der Waals surface area contributed by atoms with E-state index in [0.29, 0.717) is 23.6 Å². The largest absolute Gasteiger partial charge is 0.490 e. The summed E-state index contributed by atoms with van der Waals surface area (Å²) in [7, 11) is 3.49. The van der Waals surface area contributed by atoms with Gasteiger partial charge in [-0.1, -0.05) is 6.07 Å². The van der Waals surface area contributed by atoms with Crippen LogP contribution in [0.3, 0.4) is 0 Å². The number of benzene rings is 1. The number of fused-ring (bicyclic) bond motifs is 2. The number of pyridine rings is 1. The van der Waals surface area contributed by atoms with Crippen LogP contribution in [0.2, 0.25) is 0 Å². The Labute approximate surface area is 186 Å². The molecule has 1 saturated heterocycles. The summed E-state index contributed by atoms with van der Waals surface area (Å²) in [6.45, 7) is 3.03. The van der Waals surface area contributed by atoms with Crippen LogP contribution in [0.25, 0.3) is 21.9 Å². The van der Waals surface area contributed by atoms with Crippen molar-refractivity contribution in [1.82, 2.24) is 19.1 Å². The standard InChI is InChI=1S/C24H27N5O3/c1-27-23(30)19-5-4-11-25-22(19)26-24(27)29-12-8-17(9-13-29)32-21-7-3-6-20-18(21)10-14-28(20)15-16-31-2/h3-7,10-11,14,17H,8-9,12-13,15-16H2,1-2H3. The molecule has 0 spiro atoms. The summed E-state index contributed by atoms with van der Waals surface area (Å²) in [6, 6.07) is 11.8. The van der Waals surface area contributed by atoms with E-state index in [4.69, 9.17) is 9.47 Å². The van der Waals surface area contributed by atoms with Crippen LogP contribution in [0.4, 0.5) is 5.95 Å². The Balaban J connectivity index is 1.31. The highest BCUT2D eigenvalue weighted by Gasteiger charge is 2.24. The van der Waals surface area contributed by atoms with Crippen molar-refractivity contribution in [2.45, 2.75) is 25.5 Å². The SMILES string of the molecule is COCCn1ccc2c(OC3CCN(c4nc5ncccc5c(=O)n4C)CC3)cccc21. The van der Waals surface area contributed by atoms with Crippen molar-refractivity contribution < 1.29 is 9.47 Å². The van der Waals surface area contributed by atoms with E-state index < -0.39 is 0 Å². The number of hydrogen-bond donors (Lipinski definition) is 0. The summed E-state index contributed by atoms with van der Waals surface area (Å²) in [5.74, 6) is 1.58. The van der Waals surface area contributed by atoms with E-state index >= 15 is 0 Å². The topological polar surface area (TPSA) is 74.4 Å². The number of anilines is 1. The molecule has 0 amide bonds.